The summed E-state index contributed by atoms with van der Waals surface area (Å²) in [4.78, 5) is 8.56. The van der Waals surface area contributed by atoms with E-state index in [2.05, 4.69) is 70.6 Å². The second kappa shape index (κ2) is 6.53. The van der Waals surface area contributed by atoms with Crippen LogP contribution >= 0.6 is 0 Å². The number of fused-ring (bicyclic) bond motifs is 5. The molecule has 0 aliphatic carbocycles. The smallest absolute Gasteiger partial charge is 0.182 e. The highest BCUT2D eigenvalue weighted by molar-refractivity contribution is 6.10. The maximum atomic E-state index is 5.64. The zero-order valence-electron chi connectivity index (χ0n) is 16.9. The van der Waals surface area contributed by atoms with Gasteiger partial charge in [-0.2, -0.15) is 0 Å². The molecule has 2 aromatic heterocycles. The molecular weight excluding hydrogens is 396 g/mol. The van der Waals surface area contributed by atoms with Crippen LogP contribution in [0.1, 0.15) is 0 Å². The van der Waals surface area contributed by atoms with Crippen LogP contribution in [-0.4, -0.2) is 9.97 Å². The third kappa shape index (κ3) is 2.50. The summed E-state index contributed by atoms with van der Waals surface area (Å²) in [5, 5.41) is 4.83. The molecule has 0 radical (unpaired) electrons. The second-order valence-electron chi connectivity index (χ2n) is 7.95. The average molecular weight is 412 g/mol. The molecule has 5 aromatic carbocycles. The maximum absolute atomic E-state index is 5.64. The fraction of sp³-hybridized carbons (Fsp3) is 0. The van der Waals surface area contributed by atoms with Crippen molar-refractivity contribution in [2.24, 2.45) is 0 Å². The normalized spacial score (nSPS) is 11.8. The Bertz CT molecular complexity index is 1660. The van der Waals surface area contributed by atoms with Crippen molar-refractivity contribution in [3.8, 4) is 22.3 Å². The van der Waals surface area contributed by atoms with E-state index < -0.39 is 0 Å². The largest absolute Gasteiger partial charge is 0.443 e. The van der Waals surface area contributed by atoms with Gasteiger partial charge in [0.05, 0.1) is 0 Å². The molecule has 2 heterocycles. The fourth-order valence-corrected chi connectivity index (χ4v) is 4.63. The van der Waals surface area contributed by atoms with Crippen LogP contribution in [0.15, 0.2) is 107 Å². The van der Waals surface area contributed by atoms with E-state index in [9.17, 15) is 0 Å². The number of hydrogen-bond donors (Lipinski definition) is 0. The van der Waals surface area contributed by atoms with Crippen molar-refractivity contribution in [1.29, 1.82) is 0 Å². The molecule has 0 unspecified atom stereocenters. The first kappa shape index (κ1) is 17.3. The number of benzene rings is 5. The molecule has 0 atom stereocenters. The van der Waals surface area contributed by atoms with Crippen LogP contribution in [0.25, 0.3) is 66.0 Å². The number of aromatic nitrogens is 2. The van der Waals surface area contributed by atoms with Gasteiger partial charge in [-0.25, -0.2) is 9.97 Å². The van der Waals surface area contributed by atoms with Gasteiger partial charge in [-0.3, -0.25) is 0 Å². The van der Waals surface area contributed by atoms with Gasteiger partial charge >= 0.3 is 0 Å². The zero-order chi connectivity index (χ0) is 21.1. The van der Waals surface area contributed by atoms with E-state index in [1.165, 1.54) is 34.3 Å². The van der Waals surface area contributed by atoms with Gasteiger partial charge in [0.25, 0.3) is 0 Å². The number of rotatable bonds is 2. The quantitative estimate of drug-likeness (QED) is 0.274. The van der Waals surface area contributed by atoms with Crippen molar-refractivity contribution in [2.75, 3.05) is 0 Å². The molecule has 0 saturated heterocycles. The Morgan fingerprint density at radius 3 is 1.50 bits per heavy atom. The molecule has 7 aromatic rings. The minimum absolute atomic E-state index is 0.818. The van der Waals surface area contributed by atoms with E-state index in [4.69, 9.17) is 8.83 Å². The average Bonchev–Trinajstić information content (AvgIpc) is 3.52. The van der Waals surface area contributed by atoms with Gasteiger partial charge in [-0.05, 0) is 56.9 Å². The predicted molar refractivity (Wildman–Crippen MR) is 127 cm³/mol. The Morgan fingerprint density at radius 2 is 1.00 bits per heavy atom. The van der Waals surface area contributed by atoms with E-state index in [1.807, 2.05) is 24.3 Å². The minimum atomic E-state index is 0.818. The lowest BCUT2D eigenvalue weighted by atomic mass is 9.95. The van der Waals surface area contributed by atoms with Crippen LogP contribution in [-0.2, 0) is 0 Å². The van der Waals surface area contributed by atoms with Gasteiger partial charge in [0, 0.05) is 11.1 Å². The number of para-hydroxylation sites is 2. The van der Waals surface area contributed by atoms with E-state index >= 15 is 0 Å². The lowest BCUT2D eigenvalue weighted by Gasteiger charge is -2.09. The second-order valence-corrected chi connectivity index (χ2v) is 7.95. The summed E-state index contributed by atoms with van der Waals surface area (Å²) in [6.45, 7) is 0. The molecule has 0 bridgehead atoms. The zero-order valence-corrected chi connectivity index (χ0v) is 16.9. The first-order chi connectivity index (χ1) is 15.8. The molecule has 0 N–H and O–H groups in total. The molecule has 0 spiro atoms. The van der Waals surface area contributed by atoms with Crippen molar-refractivity contribution in [1.82, 2.24) is 9.97 Å². The highest BCUT2D eigenvalue weighted by Gasteiger charge is 2.11. The summed E-state index contributed by atoms with van der Waals surface area (Å²) < 4.78 is 11.3. The van der Waals surface area contributed by atoms with Crippen molar-refractivity contribution >= 4 is 43.7 Å². The summed E-state index contributed by atoms with van der Waals surface area (Å²) in [6.07, 6.45) is 3.00. The van der Waals surface area contributed by atoms with Crippen LogP contribution in [0.2, 0.25) is 0 Å². The van der Waals surface area contributed by atoms with Gasteiger partial charge in [0.15, 0.2) is 24.0 Å². The number of hydrogen-bond acceptors (Lipinski definition) is 4. The highest BCUT2D eigenvalue weighted by Crippen LogP contribution is 2.35. The first-order valence-corrected chi connectivity index (χ1v) is 10.5. The molecular formula is C28H16N2O2. The van der Waals surface area contributed by atoms with Gasteiger partial charge in [-0.1, -0.05) is 60.7 Å². The third-order valence-corrected chi connectivity index (χ3v) is 6.17. The van der Waals surface area contributed by atoms with Crippen LogP contribution in [0.5, 0.6) is 0 Å². The van der Waals surface area contributed by atoms with Crippen LogP contribution < -0.4 is 0 Å². The fourth-order valence-electron chi connectivity index (χ4n) is 4.63. The van der Waals surface area contributed by atoms with Gasteiger partial charge in [0.2, 0.25) is 0 Å². The Kier molecular flexibility index (Phi) is 3.52. The van der Waals surface area contributed by atoms with Crippen molar-refractivity contribution in [3.05, 3.63) is 97.7 Å². The molecule has 4 heteroatoms. The third-order valence-electron chi connectivity index (χ3n) is 6.17. The molecule has 32 heavy (non-hydrogen) atoms. The summed E-state index contributed by atoms with van der Waals surface area (Å²) in [6, 6.07) is 29.6. The first-order valence-electron chi connectivity index (χ1n) is 10.5. The lowest BCUT2D eigenvalue weighted by molar-refractivity contribution is 0.602. The Morgan fingerprint density at radius 1 is 0.500 bits per heavy atom. The van der Waals surface area contributed by atoms with Gasteiger partial charge < -0.3 is 8.83 Å². The van der Waals surface area contributed by atoms with E-state index in [1.54, 1.807) is 0 Å². The molecule has 0 amide bonds. The van der Waals surface area contributed by atoms with Crippen LogP contribution in [0, 0.1) is 0 Å². The summed E-state index contributed by atoms with van der Waals surface area (Å²) in [5.74, 6) is 0. The maximum Gasteiger partial charge on any atom is 0.182 e. The Balaban J connectivity index is 1.39. The molecule has 0 saturated carbocycles. The molecule has 0 aliphatic heterocycles. The van der Waals surface area contributed by atoms with Crippen LogP contribution in [0.3, 0.4) is 0 Å². The number of oxazole rings is 2. The SMILES string of the molecule is c1cc(-c2ccc3c(ccc4cc(-c5cccc6ncoc56)ccc43)c2)c2ocnc2c1. The summed E-state index contributed by atoms with van der Waals surface area (Å²) in [5.41, 5.74) is 7.72. The summed E-state index contributed by atoms with van der Waals surface area (Å²) in [7, 11) is 0. The Labute approximate surface area is 182 Å². The van der Waals surface area contributed by atoms with Gasteiger partial charge in [0.1, 0.15) is 11.0 Å². The molecule has 4 nitrogen and oxygen atoms in total. The standard InChI is InChI=1S/C28H16N2O2/c1-3-23(27-25(5-1)29-15-31-27)19-9-11-21-17(13-19)7-8-18-14-20(10-12-22(18)21)24-4-2-6-26-28(24)32-16-30-26/h1-16H. The van der Waals surface area contributed by atoms with Crippen LogP contribution in [0.4, 0.5) is 0 Å². The molecule has 150 valence electrons. The molecule has 0 aliphatic rings. The van der Waals surface area contributed by atoms with E-state index in [0.29, 0.717) is 0 Å². The molecule has 0 fully saturated rings. The highest BCUT2D eigenvalue weighted by atomic mass is 16.3. The van der Waals surface area contributed by atoms with E-state index in [0.717, 1.165) is 44.5 Å². The lowest BCUT2D eigenvalue weighted by Crippen LogP contribution is -1.84. The topological polar surface area (TPSA) is 52.1 Å². The summed E-state index contributed by atoms with van der Waals surface area (Å²) >= 11 is 0. The van der Waals surface area contributed by atoms with E-state index in [-0.39, 0.29) is 0 Å². The number of nitrogens with zero attached hydrogens (tertiary/aromatic N) is 2. The minimum Gasteiger partial charge on any atom is -0.443 e. The van der Waals surface area contributed by atoms with Crippen molar-refractivity contribution < 1.29 is 8.83 Å². The predicted octanol–water partition coefficient (Wildman–Crippen LogP) is 7.61. The monoisotopic (exact) mass is 412 g/mol. The van der Waals surface area contributed by atoms with Gasteiger partial charge in [-0.15, -0.1) is 0 Å². The van der Waals surface area contributed by atoms with Crippen molar-refractivity contribution in [3.63, 3.8) is 0 Å². The van der Waals surface area contributed by atoms with Crippen molar-refractivity contribution in [2.45, 2.75) is 0 Å². The Hall–Kier alpha value is -4.44. The molecule has 7 rings (SSSR count).